The second-order valence-corrected chi connectivity index (χ2v) is 6.12. The maximum Gasteiger partial charge on any atom is 0.230 e. The molecule has 6 heteroatoms. The summed E-state index contributed by atoms with van der Waals surface area (Å²) in [7, 11) is 1.89. The van der Waals surface area contributed by atoms with Gasteiger partial charge in [-0.15, -0.1) is 0 Å². The van der Waals surface area contributed by atoms with Crippen LogP contribution in [0.3, 0.4) is 0 Å². The molecule has 0 bridgehead atoms. The van der Waals surface area contributed by atoms with Gasteiger partial charge in [-0.25, -0.2) is 4.98 Å². The predicted octanol–water partition coefficient (Wildman–Crippen LogP) is 2.19. The molecular weight excluding hydrogens is 256 g/mol. The molecule has 0 radical (unpaired) electrons. The van der Waals surface area contributed by atoms with Crippen molar-refractivity contribution in [2.45, 2.75) is 33.1 Å². The first-order chi connectivity index (χ1) is 9.41. The molecule has 1 saturated carbocycles. The van der Waals surface area contributed by atoms with Crippen molar-refractivity contribution in [3.63, 3.8) is 0 Å². The van der Waals surface area contributed by atoms with Crippen LogP contribution in [0.25, 0.3) is 11.5 Å². The monoisotopic (exact) mass is 274 g/mol. The summed E-state index contributed by atoms with van der Waals surface area (Å²) in [6.07, 6.45) is 4.19. The normalized spacial score (nSPS) is 24.4. The molecule has 2 atom stereocenters. The SMILES string of the molecule is CC(=O)[C@@H]1C[C@H](c2nc(-c3cncn3C)no2)C1(C)C. The summed E-state index contributed by atoms with van der Waals surface area (Å²) < 4.78 is 7.24. The third-order valence-electron chi connectivity index (χ3n) is 4.54. The highest BCUT2D eigenvalue weighted by Crippen LogP contribution is 2.56. The lowest BCUT2D eigenvalue weighted by molar-refractivity contribution is -0.132. The van der Waals surface area contributed by atoms with Gasteiger partial charge in [0, 0.05) is 18.9 Å². The molecule has 6 nitrogen and oxygen atoms in total. The van der Waals surface area contributed by atoms with E-state index in [-0.39, 0.29) is 23.0 Å². The first-order valence-corrected chi connectivity index (χ1v) is 6.72. The van der Waals surface area contributed by atoms with Crippen LogP contribution in [0.1, 0.15) is 39.0 Å². The number of hydrogen-bond donors (Lipinski definition) is 0. The van der Waals surface area contributed by atoms with E-state index in [0.29, 0.717) is 11.7 Å². The molecule has 2 aromatic rings. The fraction of sp³-hybridized carbons (Fsp3) is 0.571. The van der Waals surface area contributed by atoms with E-state index in [1.807, 2.05) is 11.6 Å². The summed E-state index contributed by atoms with van der Waals surface area (Å²) in [5, 5.41) is 4.03. The summed E-state index contributed by atoms with van der Waals surface area (Å²) in [5.74, 6) is 1.62. The van der Waals surface area contributed by atoms with Crippen LogP contribution < -0.4 is 0 Å². The number of hydrogen-bond acceptors (Lipinski definition) is 5. The summed E-state index contributed by atoms with van der Waals surface area (Å²) in [6, 6.07) is 0. The van der Waals surface area contributed by atoms with Gasteiger partial charge in [0.1, 0.15) is 11.5 Å². The van der Waals surface area contributed by atoms with Crippen LogP contribution in [0.4, 0.5) is 0 Å². The Balaban J connectivity index is 1.86. The van der Waals surface area contributed by atoms with Crippen molar-refractivity contribution >= 4 is 5.78 Å². The first-order valence-electron chi connectivity index (χ1n) is 6.72. The van der Waals surface area contributed by atoms with Crippen LogP contribution in [0.15, 0.2) is 17.0 Å². The van der Waals surface area contributed by atoms with E-state index in [1.54, 1.807) is 19.4 Å². The molecule has 0 amide bonds. The number of ketones is 1. The molecule has 3 rings (SSSR count). The van der Waals surface area contributed by atoms with Gasteiger partial charge in [-0.05, 0) is 18.8 Å². The van der Waals surface area contributed by atoms with Gasteiger partial charge in [-0.3, -0.25) is 4.79 Å². The zero-order valence-electron chi connectivity index (χ0n) is 12.1. The van der Waals surface area contributed by atoms with E-state index < -0.39 is 0 Å². The lowest BCUT2D eigenvalue weighted by Crippen LogP contribution is -2.46. The number of Topliss-reactive ketones (excluding diaryl/α,β-unsaturated/α-hetero) is 1. The molecule has 20 heavy (non-hydrogen) atoms. The van der Waals surface area contributed by atoms with Crippen LogP contribution in [-0.4, -0.2) is 25.5 Å². The number of imidazole rings is 1. The molecule has 106 valence electrons. The minimum absolute atomic E-state index is 0.0829. The van der Waals surface area contributed by atoms with E-state index in [0.717, 1.165) is 12.1 Å². The number of aryl methyl sites for hydroxylation is 1. The highest BCUT2D eigenvalue weighted by atomic mass is 16.5. The summed E-state index contributed by atoms with van der Waals surface area (Å²) in [5.41, 5.74) is 0.697. The molecule has 1 aliphatic carbocycles. The molecule has 0 aromatic carbocycles. The van der Waals surface area contributed by atoms with Crippen molar-refractivity contribution in [1.82, 2.24) is 19.7 Å². The van der Waals surface area contributed by atoms with Gasteiger partial charge in [0.2, 0.25) is 11.7 Å². The maximum atomic E-state index is 11.6. The standard InChI is InChI=1S/C14H18N4O2/c1-8(19)9-5-10(14(9,2)3)13-16-12(17-20-13)11-6-15-7-18(11)4/h6-7,9-10H,5H2,1-4H3/t9-,10+/m0/s1. The number of aromatic nitrogens is 4. The van der Waals surface area contributed by atoms with E-state index in [4.69, 9.17) is 4.52 Å². The lowest BCUT2D eigenvalue weighted by atomic mass is 9.53. The van der Waals surface area contributed by atoms with E-state index >= 15 is 0 Å². The molecule has 0 saturated heterocycles. The molecule has 0 aliphatic heterocycles. The van der Waals surface area contributed by atoms with Gasteiger partial charge in [-0.1, -0.05) is 19.0 Å². The molecule has 2 heterocycles. The Morgan fingerprint density at radius 1 is 1.50 bits per heavy atom. The Kier molecular flexibility index (Phi) is 2.77. The van der Waals surface area contributed by atoms with Gasteiger partial charge < -0.3 is 9.09 Å². The largest absolute Gasteiger partial charge is 0.339 e. The van der Waals surface area contributed by atoms with Crippen molar-refractivity contribution < 1.29 is 9.32 Å². The van der Waals surface area contributed by atoms with Crippen LogP contribution in [-0.2, 0) is 11.8 Å². The van der Waals surface area contributed by atoms with Crippen molar-refractivity contribution in [3.05, 3.63) is 18.4 Å². The highest BCUT2D eigenvalue weighted by Gasteiger charge is 2.53. The number of carbonyl (C=O) groups is 1. The summed E-state index contributed by atoms with van der Waals surface area (Å²) >= 11 is 0. The summed E-state index contributed by atoms with van der Waals surface area (Å²) in [6.45, 7) is 5.82. The molecule has 0 spiro atoms. The zero-order valence-corrected chi connectivity index (χ0v) is 12.1. The molecular formula is C14H18N4O2. The predicted molar refractivity (Wildman–Crippen MR) is 71.8 cm³/mol. The third kappa shape index (κ3) is 1.78. The Morgan fingerprint density at radius 2 is 2.25 bits per heavy atom. The van der Waals surface area contributed by atoms with E-state index in [1.165, 1.54) is 0 Å². The second-order valence-electron chi connectivity index (χ2n) is 6.12. The van der Waals surface area contributed by atoms with E-state index in [9.17, 15) is 4.79 Å². The zero-order chi connectivity index (χ0) is 14.5. The number of nitrogens with zero attached hydrogens (tertiary/aromatic N) is 4. The fourth-order valence-corrected chi connectivity index (χ4v) is 3.09. The Hall–Kier alpha value is -1.98. The van der Waals surface area contributed by atoms with Crippen LogP contribution in [0.2, 0.25) is 0 Å². The Morgan fingerprint density at radius 3 is 2.80 bits per heavy atom. The van der Waals surface area contributed by atoms with Crippen LogP contribution in [0.5, 0.6) is 0 Å². The molecule has 0 N–H and O–H groups in total. The summed E-state index contributed by atoms with van der Waals surface area (Å²) in [4.78, 5) is 20.1. The van der Waals surface area contributed by atoms with Gasteiger partial charge in [0.25, 0.3) is 0 Å². The second kappa shape index (κ2) is 4.26. The van der Waals surface area contributed by atoms with Crippen molar-refractivity contribution in [3.8, 4) is 11.5 Å². The smallest absolute Gasteiger partial charge is 0.230 e. The fourth-order valence-electron chi connectivity index (χ4n) is 3.09. The van der Waals surface area contributed by atoms with Crippen LogP contribution in [0, 0.1) is 11.3 Å². The average Bonchev–Trinajstić information content (AvgIpc) is 2.96. The Labute approximate surface area is 117 Å². The number of rotatable bonds is 3. The van der Waals surface area contributed by atoms with Gasteiger partial charge >= 0.3 is 0 Å². The van der Waals surface area contributed by atoms with Crippen molar-refractivity contribution in [2.24, 2.45) is 18.4 Å². The van der Waals surface area contributed by atoms with Gasteiger partial charge in [0.15, 0.2) is 0 Å². The van der Waals surface area contributed by atoms with Crippen LogP contribution >= 0.6 is 0 Å². The van der Waals surface area contributed by atoms with Gasteiger partial charge in [-0.2, -0.15) is 4.98 Å². The first kappa shape index (κ1) is 13.0. The molecule has 0 unspecified atom stereocenters. The minimum Gasteiger partial charge on any atom is -0.339 e. The van der Waals surface area contributed by atoms with Gasteiger partial charge in [0.05, 0.1) is 12.5 Å². The van der Waals surface area contributed by atoms with E-state index in [2.05, 4.69) is 29.0 Å². The van der Waals surface area contributed by atoms with Crippen molar-refractivity contribution in [2.75, 3.05) is 0 Å². The quantitative estimate of drug-likeness (QED) is 0.857. The Bertz CT molecular complexity index is 656. The average molecular weight is 274 g/mol. The molecule has 2 aromatic heterocycles. The number of carbonyl (C=O) groups excluding carboxylic acids is 1. The van der Waals surface area contributed by atoms with Crippen molar-refractivity contribution in [1.29, 1.82) is 0 Å². The minimum atomic E-state index is -0.123. The topological polar surface area (TPSA) is 73.8 Å². The lowest BCUT2D eigenvalue weighted by Gasteiger charge is -2.49. The molecule has 1 aliphatic rings. The molecule has 1 fully saturated rings. The maximum absolute atomic E-state index is 11.6. The highest BCUT2D eigenvalue weighted by molar-refractivity contribution is 5.80. The third-order valence-corrected chi connectivity index (χ3v) is 4.54.